The van der Waals surface area contributed by atoms with Crippen molar-refractivity contribution in [2.24, 2.45) is 0 Å². The number of carbonyl (C=O) groups excluding carboxylic acids is 1. The van der Waals surface area contributed by atoms with Gasteiger partial charge in [-0.25, -0.2) is 0 Å². The van der Waals surface area contributed by atoms with E-state index in [2.05, 4.69) is 22.0 Å². The van der Waals surface area contributed by atoms with Gasteiger partial charge < -0.3 is 4.74 Å². The summed E-state index contributed by atoms with van der Waals surface area (Å²) in [5.74, 6) is 1.52. The summed E-state index contributed by atoms with van der Waals surface area (Å²) in [6.45, 7) is 2.12. The molecule has 0 aliphatic rings. The third-order valence-corrected chi connectivity index (χ3v) is 4.69. The summed E-state index contributed by atoms with van der Waals surface area (Å²) in [6, 6.07) is 15.4. The Morgan fingerprint density at radius 2 is 1.85 bits per heavy atom. The molecule has 2 rings (SSSR count). The van der Waals surface area contributed by atoms with E-state index in [0.29, 0.717) is 17.9 Å². The first kappa shape index (κ1) is 15.1. The Bertz CT molecular complexity index is 599. The molecule has 4 heteroatoms. The van der Waals surface area contributed by atoms with E-state index < -0.39 is 0 Å². The van der Waals surface area contributed by atoms with Crippen LogP contribution in [-0.2, 0) is 0 Å². The molecule has 0 spiro atoms. The van der Waals surface area contributed by atoms with Gasteiger partial charge in [0, 0.05) is 15.1 Å². The highest BCUT2D eigenvalue weighted by atomic mass is 79.9. The molecule has 2 aromatic rings. The molecule has 0 bridgehead atoms. The van der Waals surface area contributed by atoms with Gasteiger partial charge in [0.25, 0.3) is 0 Å². The zero-order valence-electron chi connectivity index (χ0n) is 11.1. The van der Waals surface area contributed by atoms with Gasteiger partial charge in [0.2, 0.25) is 0 Å². The summed E-state index contributed by atoms with van der Waals surface area (Å²) in [4.78, 5) is 12.7. The predicted molar refractivity (Wildman–Crippen MR) is 86.8 cm³/mol. The molecule has 0 radical (unpaired) electrons. The quantitative estimate of drug-likeness (QED) is 0.424. The minimum atomic E-state index is 0.0269. The van der Waals surface area contributed by atoms with Crippen LogP contribution in [0, 0.1) is 0 Å². The summed E-state index contributed by atoms with van der Waals surface area (Å²) >= 11 is 5.24. The van der Waals surface area contributed by atoms with Crippen molar-refractivity contribution in [2.75, 3.05) is 12.4 Å². The number of rotatable bonds is 6. The molecule has 0 fully saturated rings. The molecule has 2 aromatic carbocycles. The van der Waals surface area contributed by atoms with Gasteiger partial charge in [0.15, 0.2) is 5.78 Å². The molecule has 0 heterocycles. The fraction of sp³-hybridized carbons (Fsp3) is 0.188. The fourth-order valence-electron chi connectivity index (χ4n) is 1.75. The fourth-order valence-corrected chi connectivity index (χ4v) is 3.14. The third-order valence-electron chi connectivity index (χ3n) is 2.70. The molecule has 0 aromatic heterocycles. The highest BCUT2D eigenvalue weighted by molar-refractivity contribution is 9.10. The molecule has 0 atom stereocenters. The average molecular weight is 351 g/mol. The highest BCUT2D eigenvalue weighted by Crippen LogP contribution is 2.27. The number of benzene rings is 2. The average Bonchev–Trinajstić information content (AvgIpc) is 2.45. The van der Waals surface area contributed by atoms with Crippen molar-refractivity contribution in [3.8, 4) is 5.75 Å². The molecule has 0 unspecified atom stereocenters. The van der Waals surface area contributed by atoms with Gasteiger partial charge in [-0.05, 0) is 47.1 Å². The third kappa shape index (κ3) is 4.12. The van der Waals surface area contributed by atoms with Crippen LogP contribution < -0.4 is 4.74 Å². The minimum absolute atomic E-state index is 0.0269. The Kier molecular flexibility index (Phi) is 5.68. The van der Waals surface area contributed by atoms with E-state index in [1.54, 1.807) is 24.8 Å². The minimum Gasteiger partial charge on any atom is -0.492 e. The van der Waals surface area contributed by atoms with Gasteiger partial charge >= 0.3 is 0 Å². The van der Waals surface area contributed by atoms with Gasteiger partial charge in [-0.3, -0.25) is 4.79 Å². The topological polar surface area (TPSA) is 26.3 Å². The molecule has 0 aliphatic carbocycles. The first-order valence-corrected chi connectivity index (χ1v) is 8.06. The van der Waals surface area contributed by atoms with E-state index in [4.69, 9.17) is 4.74 Å². The van der Waals surface area contributed by atoms with Crippen LogP contribution in [0.25, 0.3) is 0 Å². The number of hydrogen-bond donors (Lipinski definition) is 0. The molecular weight excluding hydrogens is 336 g/mol. The summed E-state index contributed by atoms with van der Waals surface area (Å²) in [6.07, 6.45) is 0. The lowest BCUT2D eigenvalue weighted by molar-refractivity contribution is 0.101. The summed E-state index contributed by atoms with van der Waals surface area (Å²) in [7, 11) is 0. The van der Waals surface area contributed by atoms with Crippen LogP contribution in [0.4, 0.5) is 0 Å². The smallest absolute Gasteiger partial charge is 0.163 e. The first-order chi connectivity index (χ1) is 9.68. The molecular formula is C16H15BrO2S. The van der Waals surface area contributed by atoms with Crippen LogP contribution in [0.2, 0.25) is 0 Å². The summed E-state index contributed by atoms with van der Waals surface area (Å²) in [5.41, 5.74) is 0.637. The Balaban J connectivity index is 1.88. The number of ketones is 1. The number of para-hydroxylation sites is 1. The van der Waals surface area contributed by atoms with E-state index >= 15 is 0 Å². The van der Waals surface area contributed by atoms with E-state index in [0.717, 1.165) is 10.2 Å². The maximum absolute atomic E-state index is 11.5. The van der Waals surface area contributed by atoms with Crippen molar-refractivity contribution < 1.29 is 9.53 Å². The zero-order chi connectivity index (χ0) is 14.4. The van der Waals surface area contributed by atoms with Crippen LogP contribution in [0.1, 0.15) is 17.3 Å². The van der Waals surface area contributed by atoms with Crippen molar-refractivity contribution in [1.82, 2.24) is 0 Å². The molecule has 0 saturated heterocycles. The molecule has 20 heavy (non-hydrogen) atoms. The number of halogens is 1. The van der Waals surface area contributed by atoms with Crippen molar-refractivity contribution in [2.45, 2.75) is 11.8 Å². The lowest BCUT2D eigenvalue weighted by Gasteiger charge is -2.09. The molecule has 0 aliphatic heterocycles. The van der Waals surface area contributed by atoms with Gasteiger partial charge in [-0.15, -0.1) is 11.8 Å². The largest absolute Gasteiger partial charge is 0.492 e. The Labute approximate surface area is 131 Å². The van der Waals surface area contributed by atoms with E-state index in [-0.39, 0.29) is 5.78 Å². The second-order valence-electron chi connectivity index (χ2n) is 4.18. The van der Waals surface area contributed by atoms with Gasteiger partial charge in [-0.1, -0.05) is 24.3 Å². The Hall–Kier alpha value is -1.26. The molecule has 104 valence electrons. The second kappa shape index (κ2) is 7.50. The van der Waals surface area contributed by atoms with Gasteiger partial charge in [0.05, 0.1) is 12.2 Å². The van der Waals surface area contributed by atoms with Crippen molar-refractivity contribution in [1.29, 1.82) is 0 Å². The molecule has 0 N–H and O–H groups in total. The SMILES string of the molecule is CC(=O)c1ccccc1OCCSc1ccccc1Br. The Morgan fingerprint density at radius 1 is 1.15 bits per heavy atom. The van der Waals surface area contributed by atoms with Crippen molar-refractivity contribution >= 4 is 33.5 Å². The standard InChI is InChI=1S/C16H15BrO2S/c1-12(18)13-6-2-4-8-15(13)19-10-11-20-16-9-5-3-7-14(16)17/h2-9H,10-11H2,1H3. The number of ether oxygens (including phenoxy) is 1. The van der Waals surface area contributed by atoms with Crippen LogP contribution in [0.5, 0.6) is 5.75 Å². The monoisotopic (exact) mass is 350 g/mol. The number of thioether (sulfide) groups is 1. The first-order valence-electron chi connectivity index (χ1n) is 6.28. The maximum Gasteiger partial charge on any atom is 0.163 e. The number of carbonyl (C=O) groups is 1. The Morgan fingerprint density at radius 3 is 2.60 bits per heavy atom. The van der Waals surface area contributed by atoms with E-state index in [9.17, 15) is 4.79 Å². The highest BCUT2D eigenvalue weighted by Gasteiger charge is 2.07. The maximum atomic E-state index is 11.5. The van der Waals surface area contributed by atoms with Crippen molar-refractivity contribution in [3.63, 3.8) is 0 Å². The second-order valence-corrected chi connectivity index (χ2v) is 6.17. The van der Waals surface area contributed by atoms with Crippen LogP contribution in [-0.4, -0.2) is 18.1 Å². The van der Waals surface area contributed by atoms with E-state index in [1.807, 2.05) is 36.4 Å². The van der Waals surface area contributed by atoms with Crippen molar-refractivity contribution in [3.05, 3.63) is 58.6 Å². The van der Waals surface area contributed by atoms with Gasteiger partial charge in [0.1, 0.15) is 5.75 Å². The number of Topliss-reactive ketones (excluding diaryl/α,β-unsaturated/α-hetero) is 1. The molecule has 0 amide bonds. The lowest BCUT2D eigenvalue weighted by Crippen LogP contribution is -2.04. The summed E-state index contributed by atoms with van der Waals surface area (Å²) in [5, 5.41) is 0. The van der Waals surface area contributed by atoms with Crippen LogP contribution >= 0.6 is 27.7 Å². The van der Waals surface area contributed by atoms with Crippen LogP contribution in [0.3, 0.4) is 0 Å². The number of hydrogen-bond acceptors (Lipinski definition) is 3. The predicted octanol–water partition coefficient (Wildman–Crippen LogP) is 4.82. The van der Waals surface area contributed by atoms with Crippen LogP contribution in [0.15, 0.2) is 57.9 Å². The molecule has 0 saturated carbocycles. The normalized spacial score (nSPS) is 10.3. The lowest BCUT2D eigenvalue weighted by atomic mass is 10.1. The van der Waals surface area contributed by atoms with Gasteiger partial charge in [-0.2, -0.15) is 0 Å². The molecule has 2 nitrogen and oxygen atoms in total. The van der Waals surface area contributed by atoms with E-state index in [1.165, 1.54) is 4.90 Å². The summed E-state index contributed by atoms with van der Waals surface area (Å²) < 4.78 is 6.79. The zero-order valence-corrected chi connectivity index (χ0v) is 13.5.